The molecule has 0 saturated carbocycles. The summed E-state index contributed by atoms with van der Waals surface area (Å²) in [7, 11) is 1.39. The van der Waals surface area contributed by atoms with Gasteiger partial charge in [-0.2, -0.15) is 0 Å². The van der Waals surface area contributed by atoms with Crippen molar-refractivity contribution in [2.75, 3.05) is 12.4 Å². The second-order valence-corrected chi connectivity index (χ2v) is 5.19. The summed E-state index contributed by atoms with van der Waals surface area (Å²) < 4.78 is 5.62. The molecule has 2 unspecified atom stereocenters. The quantitative estimate of drug-likeness (QED) is 0.859. The van der Waals surface area contributed by atoms with Gasteiger partial charge < -0.3 is 10.1 Å². The van der Waals surface area contributed by atoms with Gasteiger partial charge in [0.1, 0.15) is 0 Å². The minimum absolute atomic E-state index is 0.0545. The number of ether oxygens (including phenoxy) is 1. The Morgan fingerprint density at radius 3 is 2.65 bits per heavy atom. The molecule has 0 aromatic heterocycles. The molecule has 1 aromatic carbocycles. The van der Waals surface area contributed by atoms with Crippen molar-refractivity contribution in [2.45, 2.75) is 19.9 Å². The lowest BCUT2D eigenvalue weighted by Crippen LogP contribution is -2.30. The van der Waals surface area contributed by atoms with E-state index >= 15 is 0 Å². The maximum absolute atomic E-state index is 11.4. The van der Waals surface area contributed by atoms with Gasteiger partial charge in [0.15, 0.2) is 0 Å². The van der Waals surface area contributed by atoms with Crippen LogP contribution in [0.15, 0.2) is 22.7 Å². The fraction of sp³-hybridized carbons (Fsp3) is 0.417. The molecule has 1 N–H and O–H groups in total. The Morgan fingerprint density at radius 2 is 2.12 bits per heavy atom. The predicted molar refractivity (Wildman–Crippen MR) is 73.4 cm³/mol. The van der Waals surface area contributed by atoms with Crippen molar-refractivity contribution in [3.63, 3.8) is 0 Å². The SMILES string of the molecule is COC(=O)C(C)C(C)Nc1ccc(Br)cc1Cl. The second-order valence-electron chi connectivity index (χ2n) is 3.87. The molecule has 3 nitrogen and oxygen atoms in total. The highest BCUT2D eigenvalue weighted by Crippen LogP contribution is 2.27. The normalized spacial score (nSPS) is 13.9. The smallest absolute Gasteiger partial charge is 0.310 e. The van der Waals surface area contributed by atoms with Gasteiger partial charge in [0.25, 0.3) is 0 Å². The van der Waals surface area contributed by atoms with E-state index in [1.165, 1.54) is 7.11 Å². The van der Waals surface area contributed by atoms with Crippen molar-refractivity contribution in [2.24, 2.45) is 5.92 Å². The van der Waals surface area contributed by atoms with Crippen molar-refractivity contribution in [1.82, 2.24) is 0 Å². The molecule has 0 amide bonds. The molecule has 0 fully saturated rings. The number of benzene rings is 1. The molecule has 2 atom stereocenters. The number of rotatable bonds is 4. The Kier molecular flexibility index (Phi) is 5.28. The van der Waals surface area contributed by atoms with Gasteiger partial charge in [0.2, 0.25) is 0 Å². The summed E-state index contributed by atoms with van der Waals surface area (Å²) in [5.41, 5.74) is 0.804. The van der Waals surface area contributed by atoms with Crippen LogP contribution in [0, 0.1) is 5.92 Å². The van der Waals surface area contributed by atoms with Crippen LogP contribution in [0.5, 0.6) is 0 Å². The fourth-order valence-electron chi connectivity index (χ4n) is 1.37. The van der Waals surface area contributed by atoms with E-state index in [4.69, 9.17) is 16.3 Å². The average Bonchev–Trinajstić information content (AvgIpc) is 2.30. The molecule has 0 spiro atoms. The molecule has 17 heavy (non-hydrogen) atoms. The molecule has 0 aliphatic carbocycles. The van der Waals surface area contributed by atoms with Crippen LogP contribution in [0.2, 0.25) is 5.02 Å². The monoisotopic (exact) mass is 319 g/mol. The van der Waals surface area contributed by atoms with Crippen LogP contribution in [-0.4, -0.2) is 19.1 Å². The highest BCUT2D eigenvalue weighted by Gasteiger charge is 2.21. The van der Waals surface area contributed by atoms with E-state index in [1.807, 2.05) is 26.0 Å². The highest BCUT2D eigenvalue weighted by atomic mass is 79.9. The van der Waals surface area contributed by atoms with E-state index < -0.39 is 0 Å². The summed E-state index contributed by atoms with van der Waals surface area (Å²) in [6, 6.07) is 5.51. The molecule has 1 aromatic rings. The third-order valence-corrected chi connectivity index (χ3v) is 3.44. The molecular weight excluding hydrogens is 305 g/mol. The van der Waals surface area contributed by atoms with E-state index in [0.29, 0.717) is 5.02 Å². The minimum Gasteiger partial charge on any atom is -0.469 e. The molecule has 0 radical (unpaired) electrons. The average molecular weight is 321 g/mol. The Bertz CT molecular complexity index is 411. The Morgan fingerprint density at radius 1 is 1.47 bits per heavy atom. The van der Waals surface area contributed by atoms with Crippen molar-refractivity contribution in [1.29, 1.82) is 0 Å². The van der Waals surface area contributed by atoms with Crippen LogP contribution in [0.4, 0.5) is 5.69 Å². The molecule has 0 aliphatic heterocycles. The maximum Gasteiger partial charge on any atom is 0.310 e. The van der Waals surface area contributed by atoms with Crippen LogP contribution in [0.25, 0.3) is 0 Å². The molecule has 0 heterocycles. The number of halogens is 2. The Balaban J connectivity index is 2.74. The number of hydrogen-bond acceptors (Lipinski definition) is 3. The minimum atomic E-state index is -0.238. The zero-order valence-corrected chi connectivity index (χ0v) is 12.3. The number of methoxy groups -OCH3 is 1. The van der Waals surface area contributed by atoms with E-state index in [0.717, 1.165) is 10.2 Å². The van der Waals surface area contributed by atoms with Gasteiger partial charge in [-0.3, -0.25) is 4.79 Å². The molecular formula is C12H15BrClNO2. The number of carbonyl (C=O) groups is 1. The van der Waals surface area contributed by atoms with Crippen LogP contribution in [0.3, 0.4) is 0 Å². The summed E-state index contributed by atoms with van der Waals surface area (Å²) in [6.45, 7) is 3.73. The number of esters is 1. The van der Waals surface area contributed by atoms with Gasteiger partial charge in [0, 0.05) is 10.5 Å². The Hall–Kier alpha value is -0.740. The molecule has 94 valence electrons. The van der Waals surface area contributed by atoms with E-state index in [1.54, 1.807) is 6.07 Å². The van der Waals surface area contributed by atoms with Crippen LogP contribution in [0.1, 0.15) is 13.8 Å². The van der Waals surface area contributed by atoms with E-state index in [2.05, 4.69) is 21.2 Å². The van der Waals surface area contributed by atoms with E-state index in [-0.39, 0.29) is 17.9 Å². The highest BCUT2D eigenvalue weighted by molar-refractivity contribution is 9.10. The lowest BCUT2D eigenvalue weighted by molar-refractivity contribution is -0.145. The zero-order chi connectivity index (χ0) is 13.0. The van der Waals surface area contributed by atoms with Crippen molar-refractivity contribution in [3.05, 3.63) is 27.7 Å². The first kappa shape index (κ1) is 14.3. The first-order chi connectivity index (χ1) is 7.95. The fourth-order valence-corrected chi connectivity index (χ4v) is 2.09. The van der Waals surface area contributed by atoms with Gasteiger partial charge in [-0.1, -0.05) is 27.5 Å². The number of nitrogens with one attached hydrogen (secondary N) is 1. The summed E-state index contributed by atoms with van der Waals surface area (Å²) in [5.74, 6) is -0.474. The summed E-state index contributed by atoms with van der Waals surface area (Å²) in [5, 5.41) is 3.81. The predicted octanol–water partition coefficient (Wildman–Crippen LogP) is 3.71. The van der Waals surface area contributed by atoms with Gasteiger partial charge in [-0.25, -0.2) is 0 Å². The molecule has 0 aliphatic rings. The standard InChI is InChI=1S/C12H15BrClNO2/c1-7(12(16)17-3)8(2)15-11-5-4-9(13)6-10(11)14/h4-8,15H,1-3H3. The molecule has 0 saturated heterocycles. The number of anilines is 1. The van der Waals surface area contributed by atoms with Crippen LogP contribution < -0.4 is 5.32 Å². The van der Waals surface area contributed by atoms with Crippen LogP contribution >= 0.6 is 27.5 Å². The maximum atomic E-state index is 11.4. The van der Waals surface area contributed by atoms with Crippen molar-refractivity contribution in [3.8, 4) is 0 Å². The van der Waals surface area contributed by atoms with Crippen LogP contribution in [-0.2, 0) is 9.53 Å². The zero-order valence-electron chi connectivity index (χ0n) is 9.96. The van der Waals surface area contributed by atoms with Gasteiger partial charge in [0.05, 0.1) is 23.7 Å². The lowest BCUT2D eigenvalue weighted by atomic mass is 10.0. The number of hydrogen-bond donors (Lipinski definition) is 1. The molecule has 0 bridgehead atoms. The van der Waals surface area contributed by atoms with Crippen molar-refractivity contribution < 1.29 is 9.53 Å². The van der Waals surface area contributed by atoms with Gasteiger partial charge in [-0.05, 0) is 32.0 Å². The van der Waals surface area contributed by atoms with Gasteiger partial charge >= 0.3 is 5.97 Å². The molecule has 1 rings (SSSR count). The second kappa shape index (κ2) is 6.26. The largest absolute Gasteiger partial charge is 0.469 e. The van der Waals surface area contributed by atoms with E-state index in [9.17, 15) is 4.79 Å². The summed E-state index contributed by atoms with van der Waals surface area (Å²) >= 11 is 9.42. The van der Waals surface area contributed by atoms with Gasteiger partial charge in [-0.15, -0.1) is 0 Å². The third-order valence-electron chi connectivity index (χ3n) is 2.64. The number of carbonyl (C=O) groups excluding carboxylic acids is 1. The van der Waals surface area contributed by atoms with Crippen molar-refractivity contribution >= 4 is 39.2 Å². The molecule has 5 heteroatoms. The summed E-state index contributed by atoms with van der Waals surface area (Å²) in [6.07, 6.45) is 0. The first-order valence-electron chi connectivity index (χ1n) is 5.25. The lowest BCUT2D eigenvalue weighted by Gasteiger charge is -2.21. The Labute approximate surface area is 115 Å². The first-order valence-corrected chi connectivity index (χ1v) is 6.42. The topological polar surface area (TPSA) is 38.3 Å². The third kappa shape index (κ3) is 3.89. The summed E-state index contributed by atoms with van der Waals surface area (Å²) in [4.78, 5) is 11.4.